The van der Waals surface area contributed by atoms with E-state index in [9.17, 15) is 5.11 Å². The summed E-state index contributed by atoms with van der Waals surface area (Å²) in [5, 5.41) is 14.4. The molecule has 4 heteroatoms. The smallest absolute Gasteiger partial charge is 0.0774 e. The molecule has 0 aliphatic rings. The molecule has 0 radical (unpaired) electrons. The minimum atomic E-state index is -0.414. The highest BCUT2D eigenvalue weighted by atomic mass is 16.3. The molecule has 1 aromatic heterocycles. The van der Waals surface area contributed by atoms with Gasteiger partial charge in [-0.2, -0.15) is 5.10 Å². The van der Waals surface area contributed by atoms with Gasteiger partial charge in [-0.05, 0) is 34.0 Å². The van der Waals surface area contributed by atoms with Crippen LogP contribution in [0, 0.1) is 0 Å². The van der Waals surface area contributed by atoms with Crippen LogP contribution < -0.4 is 0 Å². The molecule has 86 valence electrons. The van der Waals surface area contributed by atoms with E-state index in [1.54, 1.807) is 4.68 Å². The van der Waals surface area contributed by atoms with Gasteiger partial charge in [0.15, 0.2) is 0 Å². The van der Waals surface area contributed by atoms with Crippen molar-refractivity contribution in [2.24, 2.45) is 7.05 Å². The Morgan fingerprint density at radius 3 is 2.53 bits per heavy atom. The molecule has 1 unspecified atom stereocenters. The van der Waals surface area contributed by atoms with E-state index in [0.29, 0.717) is 6.42 Å². The van der Waals surface area contributed by atoms with E-state index < -0.39 is 6.10 Å². The highest BCUT2D eigenvalue weighted by Gasteiger charge is 2.30. The first-order chi connectivity index (χ1) is 6.84. The topological polar surface area (TPSA) is 41.3 Å². The van der Waals surface area contributed by atoms with Crippen LogP contribution in [0.4, 0.5) is 0 Å². The fraction of sp³-hybridized carbons (Fsp3) is 0.727. The Morgan fingerprint density at radius 2 is 2.13 bits per heavy atom. The van der Waals surface area contributed by atoms with Crippen molar-refractivity contribution in [3.8, 4) is 0 Å². The Bertz CT molecular complexity index is 317. The van der Waals surface area contributed by atoms with Crippen molar-refractivity contribution in [2.75, 3.05) is 14.1 Å². The summed E-state index contributed by atoms with van der Waals surface area (Å²) in [6, 6.07) is 1.94. The maximum atomic E-state index is 10.1. The zero-order valence-electron chi connectivity index (χ0n) is 10.2. The van der Waals surface area contributed by atoms with E-state index in [0.717, 1.165) is 5.69 Å². The molecule has 0 fully saturated rings. The maximum Gasteiger partial charge on any atom is 0.0774 e. The number of rotatable bonds is 4. The Hall–Kier alpha value is -0.870. The van der Waals surface area contributed by atoms with E-state index in [-0.39, 0.29) is 5.54 Å². The molecule has 0 aliphatic heterocycles. The van der Waals surface area contributed by atoms with Crippen LogP contribution in [0.2, 0.25) is 0 Å². The quantitative estimate of drug-likeness (QED) is 0.795. The summed E-state index contributed by atoms with van der Waals surface area (Å²) in [6.07, 6.45) is 2.07. The molecular formula is C11H21N3O. The first kappa shape index (κ1) is 12.2. The van der Waals surface area contributed by atoms with Gasteiger partial charge in [-0.3, -0.25) is 4.68 Å². The number of aryl methyl sites for hydroxylation is 1. The molecule has 1 aromatic rings. The van der Waals surface area contributed by atoms with Crippen molar-refractivity contribution >= 4 is 0 Å². The van der Waals surface area contributed by atoms with E-state index in [1.165, 1.54) is 0 Å². The van der Waals surface area contributed by atoms with Crippen molar-refractivity contribution in [3.05, 3.63) is 18.0 Å². The largest absolute Gasteiger partial charge is 0.391 e. The molecule has 4 nitrogen and oxygen atoms in total. The van der Waals surface area contributed by atoms with Crippen molar-refractivity contribution in [1.82, 2.24) is 14.7 Å². The first-order valence-electron chi connectivity index (χ1n) is 5.18. The van der Waals surface area contributed by atoms with E-state index in [4.69, 9.17) is 0 Å². The predicted molar refractivity (Wildman–Crippen MR) is 60.7 cm³/mol. The molecule has 1 heterocycles. The SMILES string of the molecule is CN(C)C(C)(C)C(O)Cc1ccn(C)n1. The molecule has 1 rings (SSSR count). The summed E-state index contributed by atoms with van der Waals surface area (Å²) >= 11 is 0. The number of nitrogens with zero attached hydrogens (tertiary/aromatic N) is 3. The minimum Gasteiger partial charge on any atom is -0.391 e. The van der Waals surface area contributed by atoms with Crippen molar-refractivity contribution in [1.29, 1.82) is 0 Å². The van der Waals surface area contributed by atoms with Crippen LogP contribution in [0.5, 0.6) is 0 Å². The Balaban J connectivity index is 2.67. The Labute approximate surface area is 91.5 Å². The summed E-state index contributed by atoms with van der Waals surface area (Å²) in [5.74, 6) is 0. The lowest BCUT2D eigenvalue weighted by Crippen LogP contribution is -2.49. The normalized spacial score (nSPS) is 14.6. The molecule has 0 saturated heterocycles. The lowest BCUT2D eigenvalue weighted by Gasteiger charge is -2.36. The summed E-state index contributed by atoms with van der Waals surface area (Å²) in [5.41, 5.74) is 0.692. The van der Waals surface area contributed by atoms with E-state index >= 15 is 0 Å². The van der Waals surface area contributed by atoms with Crippen LogP contribution in [0.15, 0.2) is 12.3 Å². The molecule has 1 atom stereocenters. The summed E-state index contributed by atoms with van der Waals surface area (Å²) in [6.45, 7) is 4.06. The monoisotopic (exact) mass is 211 g/mol. The number of likely N-dealkylation sites (N-methyl/N-ethyl adjacent to an activating group) is 1. The van der Waals surface area contributed by atoms with Gasteiger partial charge in [0.2, 0.25) is 0 Å². The van der Waals surface area contributed by atoms with Gasteiger partial charge in [0, 0.05) is 25.2 Å². The molecular weight excluding hydrogens is 190 g/mol. The van der Waals surface area contributed by atoms with Gasteiger partial charge in [0.25, 0.3) is 0 Å². The van der Waals surface area contributed by atoms with Crippen LogP contribution in [0.3, 0.4) is 0 Å². The van der Waals surface area contributed by atoms with Crippen LogP contribution in [0.25, 0.3) is 0 Å². The molecule has 15 heavy (non-hydrogen) atoms. The maximum absolute atomic E-state index is 10.1. The van der Waals surface area contributed by atoms with Gasteiger partial charge < -0.3 is 10.0 Å². The third-order valence-corrected chi connectivity index (χ3v) is 3.14. The minimum absolute atomic E-state index is 0.239. The van der Waals surface area contributed by atoms with Crippen LogP contribution >= 0.6 is 0 Å². The van der Waals surface area contributed by atoms with Gasteiger partial charge in [-0.1, -0.05) is 0 Å². The number of aliphatic hydroxyl groups excluding tert-OH is 1. The van der Waals surface area contributed by atoms with Gasteiger partial charge in [0.1, 0.15) is 0 Å². The average molecular weight is 211 g/mol. The van der Waals surface area contributed by atoms with Gasteiger partial charge in [-0.15, -0.1) is 0 Å². The summed E-state index contributed by atoms with van der Waals surface area (Å²) in [4.78, 5) is 2.03. The zero-order chi connectivity index (χ0) is 11.6. The molecule has 0 bridgehead atoms. The van der Waals surface area contributed by atoms with E-state index in [1.807, 2.05) is 52.2 Å². The molecule has 0 amide bonds. The second kappa shape index (κ2) is 4.33. The van der Waals surface area contributed by atoms with Gasteiger partial charge >= 0.3 is 0 Å². The fourth-order valence-corrected chi connectivity index (χ4v) is 1.32. The van der Waals surface area contributed by atoms with Crippen LogP contribution in [0.1, 0.15) is 19.5 Å². The number of hydrogen-bond donors (Lipinski definition) is 1. The van der Waals surface area contributed by atoms with Crippen molar-refractivity contribution < 1.29 is 5.11 Å². The first-order valence-corrected chi connectivity index (χ1v) is 5.18. The zero-order valence-corrected chi connectivity index (χ0v) is 10.2. The summed E-state index contributed by atoms with van der Waals surface area (Å²) < 4.78 is 1.75. The Morgan fingerprint density at radius 1 is 1.53 bits per heavy atom. The predicted octanol–water partition coefficient (Wildman–Crippen LogP) is 0.664. The third kappa shape index (κ3) is 2.79. The second-order valence-corrected chi connectivity index (χ2v) is 4.75. The highest BCUT2D eigenvalue weighted by molar-refractivity contribution is 5.03. The van der Waals surface area contributed by atoms with Gasteiger partial charge in [-0.25, -0.2) is 0 Å². The van der Waals surface area contributed by atoms with Crippen molar-refractivity contribution in [3.63, 3.8) is 0 Å². The molecule has 0 saturated carbocycles. The lowest BCUT2D eigenvalue weighted by molar-refractivity contribution is 0.0176. The lowest BCUT2D eigenvalue weighted by atomic mass is 9.92. The average Bonchev–Trinajstić information content (AvgIpc) is 2.50. The number of hydrogen-bond acceptors (Lipinski definition) is 3. The molecule has 1 N–H and O–H groups in total. The molecule has 0 spiro atoms. The van der Waals surface area contributed by atoms with Crippen LogP contribution in [-0.4, -0.2) is 45.5 Å². The van der Waals surface area contributed by atoms with Crippen LogP contribution in [-0.2, 0) is 13.5 Å². The highest BCUT2D eigenvalue weighted by Crippen LogP contribution is 2.18. The fourth-order valence-electron chi connectivity index (χ4n) is 1.32. The number of aliphatic hydroxyl groups is 1. The molecule has 0 aliphatic carbocycles. The number of aromatic nitrogens is 2. The van der Waals surface area contributed by atoms with Crippen molar-refractivity contribution in [2.45, 2.75) is 31.9 Å². The van der Waals surface area contributed by atoms with E-state index in [2.05, 4.69) is 5.10 Å². The second-order valence-electron chi connectivity index (χ2n) is 4.75. The third-order valence-electron chi connectivity index (χ3n) is 3.14. The standard InChI is InChI=1S/C11H21N3O/c1-11(2,13(3)4)10(15)8-9-6-7-14(5)12-9/h6-7,10,15H,8H2,1-5H3. The molecule has 0 aromatic carbocycles. The Kier molecular flexibility index (Phi) is 3.52. The summed E-state index contributed by atoms with van der Waals surface area (Å²) in [7, 11) is 5.83. The van der Waals surface area contributed by atoms with Gasteiger partial charge in [0.05, 0.1) is 11.8 Å².